The molecule has 0 spiro atoms. The second-order valence-electron chi connectivity index (χ2n) is 5.77. The molecule has 0 amide bonds. The molecule has 12 heteroatoms. The third-order valence-corrected chi connectivity index (χ3v) is 3.85. The van der Waals surface area contributed by atoms with Gasteiger partial charge in [-0.05, 0) is 12.1 Å². The van der Waals surface area contributed by atoms with Gasteiger partial charge in [-0.15, -0.1) is 0 Å². The Kier molecular flexibility index (Phi) is 4.47. The van der Waals surface area contributed by atoms with Gasteiger partial charge in [0, 0.05) is 13.3 Å². The predicted molar refractivity (Wildman–Crippen MR) is 91.8 cm³/mol. The highest BCUT2D eigenvalue weighted by Crippen LogP contribution is 2.36. The number of hydrogen-bond acceptors (Lipinski definition) is 7. The Labute approximate surface area is 155 Å². The molecule has 0 saturated heterocycles. The summed E-state index contributed by atoms with van der Waals surface area (Å²) >= 11 is 0. The van der Waals surface area contributed by atoms with Crippen molar-refractivity contribution in [3.8, 4) is 11.6 Å². The first-order valence-electron chi connectivity index (χ1n) is 8.11. The van der Waals surface area contributed by atoms with E-state index in [4.69, 9.17) is 9.15 Å². The molecule has 0 aromatic carbocycles. The van der Waals surface area contributed by atoms with Gasteiger partial charge in [0.2, 0.25) is 0 Å². The number of furan rings is 1. The quantitative estimate of drug-likeness (QED) is 0.518. The summed E-state index contributed by atoms with van der Waals surface area (Å²) in [6.07, 6.45) is -0.502. The fraction of sp³-hybridized carbons (Fsp3) is 0.250. The average molecular weight is 393 g/mol. The van der Waals surface area contributed by atoms with E-state index >= 15 is 0 Å². The van der Waals surface area contributed by atoms with Crippen LogP contribution in [0.15, 0.2) is 35.2 Å². The van der Waals surface area contributed by atoms with E-state index in [1.165, 1.54) is 25.8 Å². The van der Waals surface area contributed by atoms with Gasteiger partial charge in [-0.25, -0.2) is 9.97 Å². The summed E-state index contributed by atoms with van der Waals surface area (Å²) in [5.41, 5.74) is -0.532. The zero-order valence-electron chi connectivity index (χ0n) is 14.5. The lowest BCUT2D eigenvalue weighted by Crippen LogP contribution is -2.11. The standard InChI is InChI=1S/C16H14F3N7O2/c1-27-6-4-26-8-10(13(25-26)16(17,18)19)22-15-12-9(7-20-24-12)21-14(23-15)11-3-2-5-28-11/h2-3,5,7-8H,4,6H2,1H3,(H,20,24)(H,21,22,23). The Morgan fingerprint density at radius 3 is 2.89 bits per heavy atom. The van der Waals surface area contributed by atoms with Crippen molar-refractivity contribution in [2.45, 2.75) is 12.7 Å². The van der Waals surface area contributed by atoms with Crippen molar-refractivity contribution in [2.24, 2.45) is 0 Å². The molecule has 9 nitrogen and oxygen atoms in total. The number of ether oxygens (including phenoxy) is 1. The Balaban J connectivity index is 1.77. The highest BCUT2D eigenvalue weighted by atomic mass is 19.4. The van der Waals surface area contributed by atoms with Crippen LogP contribution in [0.2, 0.25) is 0 Å². The third-order valence-electron chi connectivity index (χ3n) is 3.85. The van der Waals surface area contributed by atoms with Gasteiger partial charge in [0.05, 0.1) is 31.3 Å². The highest BCUT2D eigenvalue weighted by Gasteiger charge is 2.37. The minimum absolute atomic E-state index is 0.116. The number of nitrogens with one attached hydrogen (secondary N) is 2. The van der Waals surface area contributed by atoms with Gasteiger partial charge in [0.15, 0.2) is 23.1 Å². The van der Waals surface area contributed by atoms with E-state index in [1.807, 2.05) is 0 Å². The molecule has 0 atom stereocenters. The summed E-state index contributed by atoms with van der Waals surface area (Å²) in [6.45, 7) is 0.390. The van der Waals surface area contributed by atoms with Crippen LogP contribution in [0, 0.1) is 0 Å². The molecule has 0 radical (unpaired) electrons. The summed E-state index contributed by atoms with van der Waals surface area (Å²) in [7, 11) is 1.46. The van der Waals surface area contributed by atoms with E-state index in [9.17, 15) is 13.2 Å². The molecule has 0 aliphatic heterocycles. The minimum atomic E-state index is -4.65. The molecule has 0 aliphatic rings. The van der Waals surface area contributed by atoms with Crippen LogP contribution in [-0.2, 0) is 17.5 Å². The number of fused-ring (bicyclic) bond motifs is 1. The van der Waals surface area contributed by atoms with E-state index in [0.29, 0.717) is 16.8 Å². The topological polar surface area (TPSA) is 107 Å². The van der Waals surface area contributed by atoms with E-state index in [2.05, 4.69) is 30.6 Å². The number of anilines is 2. The molecule has 0 fully saturated rings. The summed E-state index contributed by atoms with van der Waals surface area (Å²) < 4.78 is 51.6. The monoisotopic (exact) mass is 393 g/mol. The van der Waals surface area contributed by atoms with Gasteiger partial charge in [0.25, 0.3) is 0 Å². The summed E-state index contributed by atoms with van der Waals surface area (Å²) in [4.78, 5) is 8.59. The third kappa shape index (κ3) is 3.41. The van der Waals surface area contributed by atoms with E-state index < -0.39 is 11.9 Å². The van der Waals surface area contributed by atoms with Crippen molar-refractivity contribution in [1.82, 2.24) is 29.9 Å². The van der Waals surface area contributed by atoms with E-state index in [0.717, 1.165) is 4.68 Å². The zero-order valence-corrected chi connectivity index (χ0v) is 14.5. The number of aromatic nitrogens is 6. The number of alkyl halides is 3. The fourth-order valence-corrected chi connectivity index (χ4v) is 2.60. The van der Waals surface area contributed by atoms with Gasteiger partial charge in [0.1, 0.15) is 11.0 Å². The number of hydrogen-bond donors (Lipinski definition) is 2. The molecule has 0 saturated carbocycles. The number of rotatable bonds is 6. The maximum absolute atomic E-state index is 13.4. The second kappa shape index (κ2) is 6.96. The normalized spacial score (nSPS) is 12.0. The fourth-order valence-electron chi connectivity index (χ4n) is 2.60. The Bertz CT molecular complexity index is 1090. The smallest absolute Gasteiger partial charge is 0.437 e. The summed E-state index contributed by atoms with van der Waals surface area (Å²) in [6, 6.07) is 3.31. The first kappa shape index (κ1) is 18.0. The summed E-state index contributed by atoms with van der Waals surface area (Å²) in [5.74, 6) is 0.699. The maximum Gasteiger partial charge on any atom is 0.437 e. The molecule has 4 heterocycles. The van der Waals surface area contributed by atoms with Gasteiger partial charge >= 0.3 is 6.18 Å². The number of nitrogens with zero attached hydrogens (tertiary/aromatic N) is 5. The molecular formula is C16H14F3N7O2. The Morgan fingerprint density at radius 1 is 1.32 bits per heavy atom. The first-order chi connectivity index (χ1) is 13.5. The van der Waals surface area contributed by atoms with Gasteiger partial charge in [-0.2, -0.15) is 23.4 Å². The Hall–Kier alpha value is -3.41. The average Bonchev–Trinajstić information content (AvgIpc) is 3.39. The van der Waals surface area contributed by atoms with Crippen LogP contribution in [0.5, 0.6) is 0 Å². The summed E-state index contributed by atoms with van der Waals surface area (Å²) in [5, 5.41) is 12.9. The Morgan fingerprint density at radius 2 is 2.18 bits per heavy atom. The van der Waals surface area contributed by atoms with Crippen molar-refractivity contribution in [3.05, 3.63) is 36.5 Å². The zero-order chi connectivity index (χ0) is 19.7. The van der Waals surface area contributed by atoms with Crippen LogP contribution in [0.1, 0.15) is 5.69 Å². The van der Waals surface area contributed by atoms with Gasteiger partial charge in [-0.1, -0.05) is 0 Å². The first-order valence-corrected chi connectivity index (χ1v) is 8.11. The van der Waals surface area contributed by atoms with Crippen LogP contribution < -0.4 is 5.32 Å². The SMILES string of the molecule is COCCn1cc(Nc2nc(-c3ccco3)nc3cn[nH]c23)c(C(F)(F)F)n1. The lowest BCUT2D eigenvalue weighted by molar-refractivity contribution is -0.140. The molecule has 28 heavy (non-hydrogen) atoms. The van der Waals surface area contributed by atoms with E-state index in [-0.39, 0.29) is 30.5 Å². The number of halogens is 3. The van der Waals surface area contributed by atoms with Crippen LogP contribution >= 0.6 is 0 Å². The number of H-pyrrole nitrogens is 1. The molecule has 0 unspecified atom stereocenters. The second-order valence-corrected chi connectivity index (χ2v) is 5.77. The van der Waals surface area contributed by atoms with Crippen molar-refractivity contribution < 1.29 is 22.3 Å². The minimum Gasteiger partial charge on any atom is -0.461 e. The number of aromatic amines is 1. The van der Waals surface area contributed by atoms with Crippen LogP contribution in [-0.4, -0.2) is 43.7 Å². The van der Waals surface area contributed by atoms with Crippen LogP contribution in [0.4, 0.5) is 24.7 Å². The van der Waals surface area contributed by atoms with Crippen molar-refractivity contribution in [1.29, 1.82) is 0 Å². The van der Waals surface area contributed by atoms with Crippen LogP contribution in [0.3, 0.4) is 0 Å². The lowest BCUT2D eigenvalue weighted by atomic mass is 10.3. The molecule has 4 aromatic heterocycles. The van der Waals surface area contributed by atoms with Crippen molar-refractivity contribution >= 4 is 22.5 Å². The molecule has 0 aliphatic carbocycles. The van der Waals surface area contributed by atoms with Gasteiger partial charge in [-0.3, -0.25) is 9.78 Å². The van der Waals surface area contributed by atoms with Crippen LogP contribution in [0.25, 0.3) is 22.6 Å². The van der Waals surface area contributed by atoms with Crippen molar-refractivity contribution in [2.75, 3.05) is 19.0 Å². The molecule has 2 N–H and O–H groups in total. The molecule has 4 aromatic rings. The molecule has 4 rings (SSSR count). The highest BCUT2D eigenvalue weighted by molar-refractivity contribution is 5.88. The van der Waals surface area contributed by atoms with Crippen molar-refractivity contribution in [3.63, 3.8) is 0 Å². The number of methoxy groups -OCH3 is 1. The molecule has 0 bridgehead atoms. The largest absolute Gasteiger partial charge is 0.461 e. The van der Waals surface area contributed by atoms with E-state index in [1.54, 1.807) is 12.1 Å². The maximum atomic E-state index is 13.4. The lowest BCUT2D eigenvalue weighted by Gasteiger charge is -2.09. The molecule has 146 valence electrons. The predicted octanol–water partition coefficient (Wildman–Crippen LogP) is 3.22. The van der Waals surface area contributed by atoms with Gasteiger partial charge < -0.3 is 14.5 Å². The molecular weight excluding hydrogens is 379 g/mol.